The van der Waals surface area contributed by atoms with E-state index in [2.05, 4.69) is 11.4 Å². The quantitative estimate of drug-likeness (QED) is 0.821. The Balaban J connectivity index is 1.93. The van der Waals surface area contributed by atoms with Crippen molar-refractivity contribution in [3.05, 3.63) is 23.0 Å². The smallest absolute Gasteiger partial charge is 0.120 e. The molecular weight excluding hydrogens is 214 g/mol. The molecule has 1 aromatic rings. The van der Waals surface area contributed by atoms with Gasteiger partial charge in [-0.3, -0.25) is 0 Å². The SMILES string of the molecule is Cc1c(CNCC2(O)CCC2)cc(C#N)n1C. The van der Waals surface area contributed by atoms with Crippen molar-refractivity contribution in [3.8, 4) is 6.07 Å². The van der Waals surface area contributed by atoms with E-state index in [-0.39, 0.29) is 0 Å². The molecule has 0 spiro atoms. The van der Waals surface area contributed by atoms with E-state index in [0.29, 0.717) is 18.8 Å². The molecule has 0 saturated heterocycles. The van der Waals surface area contributed by atoms with Crippen molar-refractivity contribution in [2.45, 2.75) is 38.3 Å². The Bertz CT molecular complexity index is 452. The van der Waals surface area contributed by atoms with Gasteiger partial charge in [0.15, 0.2) is 0 Å². The van der Waals surface area contributed by atoms with Crippen LogP contribution in [0.5, 0.6) is 0 Å². The fourth-order valence-corrected chi connectivity index (χ4v) is 2.24. The topological polar surface area (TPSA) is 61.0 Å². The average molecular weight is 233 g/mol. The van der Waals surface area contributed by atoms with E-state index < -0.39 is 5.60 Å². The van der Waals surface area contributed by atoms with E-state index >= 15 is 0 Å². The maximum absolute atomic E-state index is 9.94. The molecule has 1 aromatic heterocycles. The van der Waals surface area contributed by atoms with Crippen LogP contribution in [0.4, 0.5) is 0 Å². The first-order chi connectivity index (χ1) is 8.06. The first-order valence-corrected chi connectivity index (χ1v) is 6.04. The number of rotatable bonds is 4. The van der Waals surface area contributed by atoms with Crippen molar-refractivity contribution in [2.24, 2.45) is 7.05 Å². The zero-order chi connectivity index (χ0) is 12.5. The van der Waals surface area contributed by atoms with Crippen LogP contribution in [0.2, 0.25) is 0 Å². The number of nitrogens with one attached hydrogen (secondary N) is 1. The average Bonchev–Trinajstić information content (AvgIpc) is 2.54. The number of nitriles is 1. The minimum absolute atomic E-state index is 0.485. The van der Waals surface area contributed by atoms with Gasteiger partial charge in [0.1, 0.15) is 11.8 Å². The van der Waals surface area contributed by atoms with Gasteiger partial charge >= 0.3 is 0 Å². The molecule has 4 nitrogen and oxygen atoms in total. The zero-order valence-corrected chi connectivity index (χ0v) is 10.5. The second-order valence-electron chi connectivity index (χ2n) is 4.99. The number of nitrogens with zero attached hydrogens (tertiary/aromatic N) is 2. The summed E-state index contributed by atoms with van der Waals surface area (Å²) < 4.78 is 1.90. The summed E-state index contributed by atoms with van der Waals surface area (Å²) >= 11 is 0. The molecule has 2 rings (SSSR count). The number of aliphatic hydroxyl groups is 1. The molecule has 1 heterocycles. The third-order valence-corrected chi connectivity index (χ3v) is 3.81. The summed E-state index contributed by atoms with van der Waals surface area (Å²) in [6.45, 7) is 3.36. The molecule has 92 valence electrons. The van der Waals surface area contributed by atoms with E-state index in [9.17, 15) is 5.11 Å². The third kappa shape index (κ3) is 2.36. The Kier molecular flexibility index (Phi) is 3.23. The van der Waals surface area contributed by atoms with E-state index in [4.69, 9.17) is 5.26 Å². The van der Waals surface area contributed by atoms with Crippen LogP contribution in [0, 0.1) is 18.3 Å². The van der Waals surface area contributed by atoms with E-state index in [0.717, 1.165) is 30.5 Å². The van der Waals surface area contributed by atoms with Gasteiger partial charge in [0.05, 0.1) is 5.60 Å². The molecular formula is C13H19N3O. The highest BCUT2D eigenvalue weighted by Crippen LogP contribution is 2.30. The van der Waals surface area contributed by atoms with E-state index in [1.54, 1.807) is 0 Å². The molecule has 0 radical (unpaired) electrons. The molecule has 4 heteroatoms. The lowest BCUT2D eigenvalue weighted by molar-refractivity contribution is -0.0314. The van der Waals surface area contributed by atoms with Crippen LogP contribution in [0.3, 0.4) is 0 Å². The molecule has 0 aromatic carbocycles. The maximum Gasteiger partial charge on any atom is 0.120 e. The summed E-state index contributed by atoms with van der Waals surface area (Å²) in [4.78, 5) is 0. The van der Waals surface area contributed by atoms with E-state index in [1.165, 1.54) is 0 Å². The number of hydrogen-bond donors (Lipinski definition) is 2. The maximum atomic E-state index is 9.94. The monoisotopic (exact) mass is 233 g/mol. The van der Waals surface area contributed by atoms with Gasteiger partial charge < -0.3 is 15.0 Å². The molecule has 1 fully saturated rings. The van der Waals surface area contributed by atoms with Gasteiger partial charge in [-0.25, -0.2) is 0 Å². The second-order valence-corrected chi connectivity index (χ2v) is 4.99. The molecule has 1 aliphatic carbocycles. The highest BCUT2D eigenvalue weighted by molar-refractivity contribution is 5.34. The second kappa shape index (κ2) is 4.52. The Labute approximate surface area is 102 Å². The Morgan fingerprint density at radius 3 is 2.76 bits per heavy atom. The normalized spacial score (nSPS) is 17.5. The summed E-state index contributed by atoms with van der Waals surface area (Å²) in [5.41, 5.74) is 2.43. The van der Waals surface area contributed by atoms with Gasteiger partial charge in [-0.1, -0.05) is 0 Å². The van der Waals surface area contributed by atoms with Crippen LogP contribution < -0.4 is 5.32 Å². The third-order valence-electron chi connectivity index (χ3n) is 3.81. The lowest BCUT2D eigenvalue weighted by atomic mass is 9.80. The van der Waals surface area contributed by atoms with Crippen molar-refractivity contribution in [2.75, 3.05) is 6.54 Å². The van der Waals surface area contributed by atoms with Gasteiger partial charge in [0.2, 0.25) is 0 Å². The van der Waals surface area contributed by atoms with Crippen molar-refractivity contribution in [1.82, 2.24) is 9.88 Å². The predicted molar refractivity (Wildman–Crippen MR) is 65.4 cm³/mol. The van der Waals surface area contributed by atoms with Crippen molar-refractivity contribution in [1.29, 1.82) is 5.26 Å². The lowest BCUT2D eigenvalue weighted by Crippen LogP contribution is -2.46. The van der Waals surface area contributed by atoms with Gasteiger partial charge in [0.25, 0.3) is 0 Å². The van der Waals surface area contributed by atoms with Crippen LogP contribution in [0.1, 0.15) is 36.2 Å². The molecule has 0 bridgehead atoms. The summed E-state index contributed by atoms with van der Waals surface area (Å²) in [5.74, 6) is 0. The Morgan fingerprint density at radius 2 is 2.29 bits per heavy atom. The van der Waals surface area contributed by atoms with Crippen LogP contribution in [0.25, 0.3) is 0 Å². The summed E-state index contributed by atoms with van der Waals surface area (Å²) in [5, 5.41) is 22.1. The fraction of sp³-hybridized carbons (Fsp3) is 0.615. The Hall–Kier alpha value is -1.31. The highest BCUT2D eigenvalue weighted by atomic mass is 16.3. The van der Waals surface area contributed by atoms with Gasteiger partial charge in [-0.2, -0.15) is 5.26 Å². The van der Waals surface area contributed by atoms with Crippen molar-refractivity contribution < 1.29 is 5.11 Å². The largest absolute Gasteiger partial charge is 0.389 e. The molecule has 17 heavy (non-hydrogen) atoms. The standard InChI is InChI=1S/C13H19N3O/c1-10-11(6-12(7-14)16(10)2)8-15-9-13(17)4-3-5-13/h6,15,17H,3-5,8-9H2,1-2H3. The van der Waals surface area contributed by atoms with Crippen LogP contribution in [-0.4, -0.2) is 21.8 Å². The summed E-state index contributed by atoms with van der Waals surface area (Å²) in [7, 11) is 1.90. The number of hydrogen-bond acceptors (Lipinski definition) is 3. The molecule has 1 aliphatic rings. The molecule has 2 N–H and O–H groups in total. The first-order valence-electron chi connectivity index (χ1n) is 6.04. The molecule has 0 unspecified atom stereocenters. The summed E-state index contributed by atoms with van der Waals surface area (Å²) in [6, 6.07) is 4.08. The first kappa shape index (κ1) is 12.2. The molecule has 0 atom stereocenters. The van der Waals surface area contributed by atoms with Crippen LogP contribution in [0.15, 0.2) is 6.07 Å². The fourth-order valence-electron chi connectivity index (χ4n) is 2.24. The summed E-state index contributed by atoms with van der Waals surface area (Å²) in [6.07, 6.45) is 2.93. The Morgan fingerprint density at radius 1 is 1.59 bits per heavy atom. The molecule has 0 aliphatic heterocycles. The minimum Gasteiger partial charge on any atom is -0.389 e. The van der Waals surface area contributed by atoms with Gasteiger partial charge in [-0.05, 0) is 37.8 Å². The van der Waals surface area contributed by atoms with E-state index in [1.807, 2.05) is 24.6 Å². The molecule has 1 saturated carbocycles. The minimum atomic E-state index is -0.485. The molecule has 0 amide bonds. The van der Waals surface area contributed by atoms with Crippen LogP contribution >= 0.6 is 0 Å². The lowest BCUT2D eigenvalue weighted by Gasteiger charge is -2.36. The predicted octanol–water partition coefficient (Wildman–Crippen LogP) is 1.21. The van der Waals surface area contributed by atoms with Crippen molar-refractivity contribution >= 4 is 0 Å². The van der Waals surface area contributed by atoms with Crippen molar-refractivity contribution in [3.63, 3.8) is 0 Å². The number of aromatic nitrogens is 1. The zero-order valence-electron chi connectivity index (χ0n) is 10.5. The highest BCUT2D eigenvalue weighted by Gasteiger charge is 2.33. The van der Waals surface area contributed by atoms with Crippen LogP contribution in [-0.2, 0) is 13.6 Å². The van der Waals surface area contributed by atoms with Gasteiger partial charge in [0, 0.05) is 25.8 Å². The van der Waals surface area contributed by atoms with Gasteiger partial charge in [-0.15, -0.1) is 0 Å².